The minimum atomic E-state index is -0.939. The standard InChI is InChI=1S/C20H14N4.C11H7O2.Cd/c1-2-14-10-16-5-6-18(23-16)12-20-8-7-19(24-20)11-17-4-3-15(22-17)9-13(1)21-14;12-11(13)10-6-5-8-3-1-2-4-9(8)7-10;/h1-12,21-22H;1-6H,(H,12,13);/q;-1;. The second-order valence-corrected chi connectivity index (χ2v) is 8.67. The smallest absolute Gasteiger partial charge is 0.265 e. The fourth-order valence-corrected chi connectivity index (χ4v) is 4.18. The van der Waals surface area contributed by atoms with E-state index in [9.17, 15) is 4.79 Å². The molecular formula is C31H21CdN4O2-. The van der Waals surface area contributed by atoms with Crippen molar-refractivity contribution in [2.24, 2.45) is 0 Å². The van der Waals surface area contributed by atoms with Gasteiger partial charge >= 0.3 is 0 Å². The molecule has 0 fully saturated rings. The van der Waals surface area contributed by atoms with Gasteiger partial charge < -0.3 is 15.1 Å². The van der Waals surface area contributed by atoms with E-state index in [1.807, 2.05) is 66.8 Å². The Kier molecular flexibility index (Phi) is 7.32. The van der Waals surface area contributed by atoms with E-state index < -0.39 is 5.97 Å². The molecule has 0 saturated heterocycles. The fourth-order valence-electron chi connectivity index (χ4n) is 4.18. The van der Waals surface area contributed by atoms with Gasteiger partial charge in [-0.25, -0.2) is 9.97 Å². The molecule has 38 heavy (non-hydrogen) atoms. The largest absolute Gasteiger partial charge is 0.513 e. The van der Waals surface area contributed by atoms with E-state index in [4.69, 9.17) is 5.11 Å². The number of carbonyl (C=O) groups is 1. The Balaban J connectivity index is 0.000000179. The molecule has 180 valence electrons. The van der Waals surface area contributed by atoms with Crippen LogP contribution in [-0.4, -0.2) is 31.0 Å². The number of hydrogen-bond acceptors (Lipinski definition) is 3. The van der Waals surface area contributed by atoms with Crippen LogP contribution in [-0.2, 0) is 27.3 Å². The van der Waals surface area contributed by atoms with Crippen LogP contribution < -0.4 is 0 Å². The molecule has 0 radical (unpaired) electrons. The molecular weight excluding hydrogens is 573 g/mol. The zero-order valence-electron chi connectivity index (χ0n) is 20.3. The molecule has 0 saturated carbocycles. The third kappa shape index (κ3) is 5.81. The number of fused-ring (bicyclic) bond motifs is 9. The van der Waals surface area contributed by atoms with Gasteiger partial charge in [-0.1, -0.05) is 23.6 Å². The quantitative estimate of drug-likeness (QED) is 0.141. The summed E-state index contributed by atoms with van der Waals surface area (Å²) in [7, 11) is 0. The van der Waals surface area contributed by atoms with Gasteiger partial charge in [-0.2, -0.15) is 0 Å². The van der Waals surface area contributed by atoms with Crippen molar-refractivity contribution in [1.29, 1.82) is 0 Å². The van der Waals surface area contributed by atoms with Crippen LogP contribution >= 0.6 is 0 Å². The molecule has 0 spiro atoms. The van der Waals surface area contributed by atoms with Gasteiger partial charge in [0.25, 0.3) is 5.97 Å². The third-order valence-electron chi connectivity index (χ3n) is 5.93. The van der Waals surface area contributed by atoms with Crippen LogP contribution in [0.1, 0.15) is 33.1 Å². The maximum Gasteiger partial charge on any atom is 0.265 e. The number of hydrogen-bond donors (Lipinski definition) is 3. The number of aromatic carboxylic acids is 1. The first-order chi connectivity index (χ1) is 18.1. The number of aromatic nitrogens is 4. The van der Waals surface area contributed by atoms with Crippen molar-refractivity contribution in [3.05, 3.63) is 119 Å². The number of H-pyrrole nitrogens is 2. The molecule has 7 heteroatoms. The van der Waals surface area contributed by atoms with Gasteiger partial charge in [-0.05, 0) is 78.4 Å². The first kappa shape index (κ1) is 25.3. The summed E-state index contributed by atoms with van der Waals surface area (Å²) in [6, 6.07) is 30.1. The van der Waals surface area contributed by atoms with E-state index in [1.54, 1.807) is 12.1 Å². The Morgan fingerprint density at radius 1 is 0.632 bits per heavy atom. The van der Waals surface area contributed by atoms with Crippen LogP contribution in [0.2, 0.25) is 0 Å². The summed E-state index contributed by atoms with van der Waals surface area (Å²) in [5, 5.41) is 10.6. The van der Waals surface area contributed by atoms with Crippen molar-refractivity contribution in [2.45, 2.75) is 0 Å². The minimum Gasteiger partial charge on any atom is -0.513 e. The normalized spacial score (nSPS) is 11.5. The first-order valence-corrected chi connectivity index (χ1v) is 11.8. The zero-order chi connectivity index (χ0) is 25.2. The van der Waals surface area contributed by atoms with Crippen molar-refractivity contribution in [1.82, 2.24) is 19.9 Å². The van der Waals surface area contributed by atoms with Crippen molar-refractivity contribution < 1.29 is 37.2 Å². The molecule has 2 aliphatic rings. The number of nitrogens with zero attached hydrogens (tertiary/aromatic N) is 2. The van der Waals surface area contributed by atoms with Crippen LogP contribution in [0.25, 0.3) is 57.1 Å². The van der Waals surface area contributed by atoms with Gasteiger partial charge in [0.1, 0.15) is 0 Å². The topological polar surface area (TPSA) is 94.7 Å². The monoisotopic (exact) mass is 595 g/mol. The molecule has 2 aliphatic heterocycles. The van der Waals surface area contributed by atoms with Crippen LogP contribution in [0, 0.1) is 6.07 Å². The summed E-state index contributed by atoms with van der Waals surface area (Å²) in [4.78, 5) is 26.6. The van der Waals surface area contributed by atoms with Crippen LogP contribution in [0.3, 0.4) is 0 Å². The van der Waals surface area contributed by atoms with Crippen LogP contribution in [0.15, 0.2) is 84.9 Å². The molecule has 8 bridgehead atoms. The summed E-state index contributed by atoms with van der Waals surface area (Å²) < 4.78 is 0. The number of nitrogens with one attached hydrogen (secondary N) is 2. The van der Waals surface area contributed by atoms with E-state index in [-0.39, 0.29) is 32.9 Å². The van der Waals surface area contributed by atoms with Crippen LogP contribution in [0.5, 0.6) is 0 Å². The van der Waals surface area contributed by atoms with Gasteiger partial charge in [0, 0.05) is 49.4 Å². The Bertz CT molecular complexity index is 1790. The van der Waals surface area contributed by atoms with E-state index in [1.165, 1.54) is 0 Å². The molecule has 6 nitrogen and oxygen atoms in total. The average Bonchev–Trinajstić information content (AvgIpc) is 3.70. The summed E-state index contributed by atoms with van der Waals surface area (Å²) in [6.07, 6.45) is 8.05. The average molecular weight is 594 g/mol. The Morgan fingerprint density at radius 2 is 1.13 bits per heavy atom. The van der Waals surface area contributed by atoms with Crippen molar-refractivity contribution >= 4 is 63.1 Å². The van der Waals surface area contributed by atoms with Crippen molar-refractivity contribution in [3.63, 3.8) is 0 Å². The predicted octanol–water partition coefficient (Wildman–Crippen LogP) is 6.99. The Morgan fingerprint density at radius 3 is 1.68 bits per heavy atom. The summed E-state index contributed by atoms with van der Waals surface area (Å²) in [5.74, 6) is -0.939. The van der Waals surface area contributed by atoms with E-state index >= 15 is 0 Å². The maximum atomic E-state index is 10.6. The van der Waals surface area contributed by atoms with Crippen molar-refractivity contribution in [2.75, 3.05) is 0 Å². The van der Waals surface area contributed by atoms with Gasteiger partial charge in [-0.3, -0.25) is 4.79 Å². The number of aromatic amines is 2. The SMILES string of the molecule is C1=Cc2cc3ccc(cc4ccc(cc5nc(cc1n2)C=C5)[nH]4)[nH]3.O=C(O)c1[c-]c2ccccc2cc1.[Cd]. The third-order valence-corrected chi connectivity index (χ3v) is 5.93. The molecule has 0 unspecified atom stereocenters. The second-order valence-electron chi connectivity index (χ2n) is 8.67. The van der Waals surface area contributed by atoms with Crippen LogP contribution in [0.4, 0.5) is 0 Å². The number of rotatable bonds is 1. The molecule has 2 aromatic carbocycles. The van der Waals surface area contributed by atoms with Gasteiger partial charge in [-0.15, -0.1) is 29.7 Å². The van der Waals surface area contributed by atoms with E-state index in [0.717, 1.165) is 55.6 Å². The van der Waals surface area contributed by atoms with Crippen molar-refractivity contribution in [3.8, 4) is 0 Å². The minimum absolute atomic E-state index is 0. The number of benzene rings is 2. The van der Waals surface area contributed by atoms with Gasteiger partial charge in [0.05, 0.1) is 22.8 Å². The number of carboxylic acids is 1. The molecule has 3 aromatic heterocycles. The Labute approximate surface area is 238 Å². The molecule has 0 atom stereocenters. The summed E-state index contributed by atoms with van der Waals surface area (Å²) in [5.41, 5.74) is 8.07. The molecule has 5 aromatic rings. The molecule has 7 rings (SSSR count). The summed E-state index contributed by atoms with van der Waals surface area (Å²) >= 11 is 0. The molecule has 3 N–H and O–H groups in total. The molecule has 5 heterocycles. The maximum absolute atomic E-state index is 10.6. The van der Waals surface area contributed by atoms with Gasteiger partial charge in [0.2, 0.25) is 0 Å². The molecule has 0 amide bonds. The predicted molar refractivity (Wildman–Crippen MR) is 149 cm³/mol. The second kappa shape index (κ2) is 11.0. The Hall–Kier alpha value is -4.31. The first-order valence-electron chi connectivity index (χ1n) is 11.8. The summed E-state index contributed by atoms with van der Waals surface area (Å²) in [6.45, 7) is 0. The molecule has 0 aliphatic carbocycles. The van der Waals surface area contributed by atoms with E-state index in [0.29, 0.717) is 0 Å². The van der Waals surface area contributed by atoms with E-state index in [2.05, 4.69) is 56.3 Å². The number of carboxylic acid groups (broad SMARTS) is 1. The fraction of sp³-hybridized carbons (Fsp3) is 0. The van der Waals surface area contributed by atoms with Gasteiger partial charge in [0.15, 0.2) is 0 Å². The zero-order valence-corrected chi connectivity index (χ0v) is 24.4.